The monoisotopic (exact) mass is 936 g/mol. The molecule has 0 heterocycles. The molecule has 0 saturated carbocycles. The van der Waals surface area contributed by atoms with Crippen LogP contribution in [0.5, 0.6) is 17.2 Å². The van der Waals surface area contributed by atoms with E-state index in [2.05, 4.69) is 37.2 Å². The Morgan fingerprint density at radius 2 is 1.43 bits per heavy atom. The van der Waals surface area contributed by atoms with E-state index in [9.17, 15) is 29.5 Å². The molecule has 15 nitrogen and oxygen atoms in total. The molecule has 3 N–H and O–H groups in total. The van der Waals surface area contributed by atoms with E-state index >= 15 is 0 Å². The SMILES string of the molecule is CCCCCCCCCCCCOC(=O)c1ccc(Cl)c(NC(=O)C(Oc2ccc(N=Nc3cc(SOO[O-])c4c(NC(C)=O)cccc4c3O)cc2)C(=O)c2ccc(OC)cc2)c1.[Na+]. The predicted octanol–water partition coefficient (Wildman–Crippen LogP) is 8.16. The number of fused-ring (bicyclic) bond motifs is 1. The number of anilines is 2. The van der Waals surface area contributed by atoms with Gasteiger partial charge in [-0.15, -0.1) is 5.11 Å². The molecule has 1 atom stereocenters. The molecule has 0 bridgehead atoms. The number of nitrogens with zero attached hydrogens (tertiary/aromatic N) is 2. The van der Waals surface area contributed by atoms with E-state index in [0.717, 1.165) is 25.7 Å². The number of aromatic hydroxyl groups is 1. The second-order valence-corrected chi connectivity index (χ2v) is 15.8. The van der Waals surface area contributed by atoms with E-state index < -0.39 is 23.8 Å². The third kappa shape index (κ3) is 15.8. The number of benzene rings is 5. The molecule has 0 aromatic heterocycles. The van der Waals surface area contributed by atoms with Crippen LogP contribution in [-0.4, -0.2) is 48.5 Å². The third-order valence-corrected chi connectivity index (χ3v) is 10.9. The molecule has 0 spiro atoms. The van der Waals surface area contributed by atoms with E-state index in [4.69, 9.17) is 25.8 Å². The third-order valence-electron chi connectivity index (χ3n) is 9.94. The van der Waals surface area contributed by atoms with Crippen molar-refractivity contribution in [2.45, 2.75) is 89.1 Å². The molecule has 5 aromatic rings. The zero-order chi connectivity index (χ0) is 45.8. The van der Waals surface area contributed by atoms with Crippen LogP contribution in [0.15, 0.2) is 106 Å². The van der Waals surface area contributed by atoms with Crippen molar-refractivity contribution in [3.63, 3.8) is 0 Å². The maximum atomic E-state index is 13.9. The minimum Gasteiger partial charge on any atom is -0.691 e. The number of carbonyl (C=O) groups excluding carboxylic acids is 4. The van der Waals surface area contributed by atoms with E-state index in [0.29, 0.717) is 34.6 Å². The molecule has 5 aromatic carbocycles. The number of carbonyl (C=O) groups is 4. The molecule has 2 amide bonds. The number of ketones is 1. The van der Waals surface area contributed by atoms with Gasteiger partial charge in [0.2, 0.25) is 17.8 Å². The summed E-state index contributed by atoms with van der Waals surface area (Å²) >= 11 is 7.01. The smallest absolute Gasteiger partial charge is 0.691 e. The maximum Gasteiger partial charge on any atom is 1.00 e. The fourth-order valence-corrected chi connectivity index (χ4v) is 7.39. The number of Topliss-reactive ketones (excluding diaryl/α,β-unsaturated/α-hetero) is 1. The molecule has 1 unspecified atom stereocenters. The zero-order valence-corrected chi connectivity index (χ0v) is 40.3. The summed E-state index contributed by atoms with van der Waals surface area (Å²) in [5, 5.41) is 39.8. The van der Waals surface area contributed by atoms with E-state index in [-0.39, 0.29) is 91.4 Å². The molecular formula is C47H50ClN4NaO11S. The van der Waals surface area contributed by atoms with Gasteiger partial charge >= 0.3 is 35.5 Å². The number of methoxy groups -OCH3 is 1. The van der Waals surface area contributed by atoms with Gasteiger partial charge in [0.15, 0.2) is 5.75 Å². The van der Waals surface area contributed by atoms with Crippen molar-refractivity contribution in [1.29, 1.82) is 0 Å². The number of rotatable bonds is 25. The summed E-state index contributed by atoms with van der Waals surface area (Å²) in [5.74, 6) is -2.13. The fourth-order valence-electron chi connectivity index (χ4n) is 6.66. The van der Waals surface area contributed by atoms with Crippen LogP contribution >= 0.6 is 23.6 Å². The van der Waals surface area contributed by atoms with Gasteiger partial charge in [0.1, 0.15) is 17.2 Å². The fraction of sp³-hybridized carbons (Fsp3) is 0.319. The Hall–Kier alpha value is -5.04. The standard InChI is InChI=1S/C47H51ClN4O11S.Na/c1-4-5-6-7-8-9-10-11-12-13-27-60-47(57)32-19-26-37(48)39(28-32)50-46(56)45(43(54)31-17-22-34(59-3)23-18-31)61-35-24-20-33(21-25-35)51-52-40-29-41(64-63-62-58)42-36(44(40)55)15-14-16-38(42)49-30(2)53;/h14-26,28-29,45,55,58H,4-13,27H2,1-3H3,(H,49,53)(H,50,56);/q;+1/p-1. The summed E-state index contributed by atoms with van der Waals surface area (Å²) in [7, 11) is 1.48. The van der Waals surface area contributed by atoms with Crippen LogP contribution in [0.25, 0.3) is 10.8 Å². The average molecular weight is 937 g/mol. The quantitative estimate of drug-likeness (QED) is 0.00583. The predicted molar refractivity (Wildman–Crippen MR) is 243 cm³/mol. The summed E-state index contributed by atoms with van der Waals surface area (Å²) in [6.45, 7) is 3.79. The molecule has 338 valence electrons. The second kappa shape index (κ2) is 27.4. The average Bonchev–Trinajstić information content (AvgIpc) is 3.30. The van der Waals surface area contributed by atoms with Crippen LogP contribution in [0.2, 0.25) is 5.02 Å². The topological polar surface area (TPSA) is 206 Å². The van der Waals surface area contributed by atoms with E-state index in [1.807, 2.05) is 0 Å². The van der Waals surface area contributed by atoms with Crippen LogP contribution < -0.4 is 54.9 Å². The summed E-state index contributed by atoms with van der Waals surface area (Å²) in [6.07, 6.45) is 9.78. The van der Waals surface area contributed by atoms with Crippen LogP contribution in [0.1, 0.15) is 98.8 Å². The van der Waals surface area contributed by atoms with Gasteiger partial charge in [0.25, 0.3) is 5.91 Å². The van der Waals surface area contributed by atoms with Gasteiger partial charge in [0, 0.05) is 28.9 Å². The maximum absolute atomic E-state index is 13.9. The van der Waals surface area contributed by atoms with Gasteiger partial charge < -0.3 is 35.2 Å². The molecule has 0 aliphatic heterocycles. The van der Waals surface area contributed by atoms with Gasteiger partial charge in [-0.2, -0.15) is 9.45 Å². The minimum absolute atomic E-state index is 0. The minimum atomic E-state index is -1.72. The largest absolute Gasteiger partial charge is 1.00 e. The molecule has 0 saturated heterocycles. The Bertz CT molecular complexity index is 2410. The van der Waals surface area contributed by atoms with Crippen molar-refractivity contribution in [1.82, 2.24) is 0 Å². The molecule has 0 aliphatic carbocycles. The molecule has 18 heteroatoms. The normalized spacial score (nSPS) is 11.5. The van der Waals surface area contributed by atoms with Gasteiger partial charge in [-0.05, 0) is 85.3 Å². The number of halogens is 1. The first kappa shape index (κ1) is 52.6. The van der Waals surface area contributed by atoms with Crippen molar-refractivity contribution in [2.24, 2.45) is 10.2 Å². The van der Waals surface area contributed by atoms with Crippen molar-refractivity contribution < 1.29 is 82.7 Å². The van der Waals surface area contributed by atoms with Gasteiger partial charge in [-0.25, -0.2) is 4.79 Å². The van der Waals surface area contributed by atoms with Crippen LogP contribution in [0.3, 0.4) is 0 Å². The Morgan fingerprint density at radius 3 is 2.08 bits per heavy atom. The Labute approximate surface area is 408 Å². The zero-order valence-electron chi connectivity index (χ0n) is 36.7. The summed E-state index contributed by atoms with van der Waals surface area (Å²) < 4.78 is 21.3. The van der Waals surface area contributed by atoms with Crippen molar-refractivity contribution in [3.05, 3.63) is 107 Å². The van der Waals surface area contributed by atoms with Crippen molar-refractivity contribution in [2.75, 3.05) is 24.4 Å². The Kier molecular flexibility index (Phi) is 22.2. The first-order valence-electron chi connectivity index (χ1n) is 20.9. The summed E-state index contributed by atoms with van der Waals surface area (Å²) in [5.41, 5.74) is 1.03. The number of nitrogens with one attached hydrogen (secondary N) is 2. The molecular weight excluding hydrogens is 887 g/mol. The summed E-state index contributed by atoms with van der Waals surface area (Å²) in [6, 6.07) is 22.6. The second-order valence-electron chi connectivity index (χ2n) is 14.7. The number of phenolic OH excluding ortho intramolecular Hbond substituents is 1. The van der Waals surface area contributed by atoms with Crippen LogP contribution in [0, 0.1) is 0 Å². The van der Waals surface area contributed by atoms with Gasteiger partial charge in [-0.3, -0.25) is 19.4 Å². The Morgan fingerprint density at radius 1 is 0.785 bits per heavy atom. The van der Waals surface area contributed by atoms with E-state index in [1.165, 1.54) is 113 Å². The number of esters is 1. The number of unbranched alkanes of at least 4 members (excludes halogenated alkanes) is 9. The summed E-state index contributed by atoms with van der Waals surface area (Å²) in [4.78, 5) is 52.9. The van der Waals surface area contributed by atoms with Crippen LogP contribution in [-0.2, 0) is 23.7 Å². The number of hydrogen-bond acceptors (Lipinski definition) is 14. The van der Waals surface area contributed by atoms with Gasteiger partial charge in [0.05, 0.1) is 52.6 Å². The molecule has 0 fully saturated rings. The molecule has 0 aliphatic rings. The molecule has 5 rings (SSSR count). The van der Waals surface area contributed by atoms with Gasteiger partial charge in [-0.1, -0.05) is 88.4 Å². The number of azo groups is 1. The first-order chi connectivity index (χ1) is 31.0. The number of hydrogen-bond donors (Lipinski definition) is 3. The van der Waals surface area contributed by atoms with Crippen LogP contribution in [0.4, 0.5) is 22.7 Å². The first-order valence-corrected chi connectivity index (χ1v) is 22.0. The van der Waals surface area contributed by atoms with Crippen molar-refractivity contribution in [3.8, 4) is 17.2 Å². The Balaban J connectivity index is 0.00000925. The molecule has 0 radical (unpaired) electrons. The number of phenols is 1. The molecule has 65 heavy (non-hydrogen) atoms. The number of ether oxygens (including phenoxy) is 3. The van der Waals surface area contributed by atoms with Crippen molar-refractivity contribution >= 4 is 80.7 Å². The number of amides is 2. The van der Waals surface area contributed by atoms with E-state index in [1.54, 1.807) is 30.3 Å².